The standard InChI is InChI=1S/C24H22N6O3/c31-30(32)22-16-19(23-26-24(33-27-23)20-8-4-5-11-25-20)9-10-21(22)29-14-12-28(13-15-29)17-18-6-2-1-3-7-18/h1-11,16H,12-15,17H2. The Morgan fingerprint density at radius 3 is 2.48 bits per heavy atom. The first-order valence-corrected chi connectivity index (χ1v) is 10.7. The van der Waals surface area contributed by atoms with Gasteiger partial charge < -0.3 is 9.42 Å². The van der Waals surface area contributed by atoms with Crippen molar-refractivity contribution in [1.29, 1.82) is 0 Å². The summed E-state index contributed by atoms with van der Waals surface area (Å²) in [5.41, 5.74) is 2.99. The molecule has 1 fully saturated rings. The Morgan fingerprint density at radius 2 is 1.76 bits per heavy atom. The molecule has 9 heteroatoms. The van der Waals surface area contributed by atoms with Gasteiger partial charge in [-0.15, -0.1) is 0 Å². The highest BCUT2D eigenvalue weighted by Crippen LogP contribution is 2.33. The molecular formula is C24H22N6O3. The zero-order chi connectivity index (χ0) is 22.6. The van der Waals surface area contributed by atoms with Gasteiger partial charge in [0.05, 0.1) is 4.92 Å². The molecule has 0 N–H and O–H groups in total. The summed E-state index contributed by atoms with van der Waals surface area (Å²) in [4.78, 5) is 24.5. The molecule has 2 aromatic heterocycles. The van der Waals surface area contributed by atoms with Gasteiger partial charge in [0, 0.05) is 50.6 Å². The third kappa shape index (κ3) is 4.58. The lowest BCUT2D eigenvalue weighted by Gasteiger charge is -2.35. The van der Waals surface area contributed by atoms with Crippen LogP contribution < -0.4 is 4.90 Å². The van der Waals surface area contributed by atoms with E-state index in [-0.39, 0.29) is 22.3 Å². The van der Waals surface area contributed by atoms with Gasteiger partial charge in [-0.3, -0.25) is 20.0 Å². The van der Waals surface area contributed by atoms with E-state index < -0.39 is 0 Å². The van der Waals surface area contributed by atoms with Crippen molar-refractivity contribution >= 4 is 11.4 Å². The van der Waals surface area contributed by atoms with Gasteiger partial charge in [-0.2, -0.15) is 4.98 Å². The fourth-order valence-electron chi connectivity index (χ4n) is 4.00. The van der Waals surface area contributed by atoms with Crippen molar-refractivity contribution in [3.63, 3.8) is 0 Å². The number of nitro benzene ring substituents is 1. The van der Waals surface area contributed by atoms with Crippen molar-refractivity contribution in [3.05, 3.63) is 88.6 Å². The average molecular weight is 442 g/mol. The smallest absolute Gasteiger partial charge is 0.293 e. The Morgan fingerprint density at radius 1 is 0.970 bits per heavy atom. The van der Waals surface area contributed by atoms with Crippen molar-refractivity contribution in [3.8, 4) is 23.0 Å². The van der Waals surface area contributed by atoms with Crippen LogP contribution in [0.25, 0.3) is 23.0 Å². The van der Waals surface area contributed by atoms with Crippen LogP contribution in [0.3, 0.4) is 0 Å². The summed E-state index contributed by atoms with van der Waals surface area (Å²) in [6.07, 6.45) is 1.64. The lowest BCUT2D eigenvalue weighted by molar-refractivity contribution is -0.384. The molecule has 1 aliphatic heterocycles. The highest BCUT2D eigenvalue weighted by atomic mass is 16.6. The van der Waals surface area contributed by atoms with Gasteiger partial charge in [-0.05, 0) is 29.8 Å². The molecule has 0 bridgehead atoms. The van der Waals surface area contributed by atoms with Crippen LogP contribution in [-0.2, 0) is 6.54 Å². The third-order valence-corrected chi connectivity index (χ3v) is 5.70. The Kier molecular flexibility index (Phi) is 5.77. The van der Waals surface area contributed by atoms with E-state index in [1.54, 1.807) is 30.5 Å². The van der Waals surface area contributed by atoms with E-state index in [0.29, 0.717) is 16.9 Å². The molecule has 0 spiro atoms. The number of aromatic nitrogens is 3. The predicted octanol–water partition coefficient (Wildman–Crippen LogP) is 4.03. The first kappa shape index (κ1) is 20.8. The van der Waals surface area contributed by atoms with Gasteiger partial charge in [-0.1, -0.05) is 41.6 Å². The maximum Gasteiger partial charge on any atom is 0.293 e. The van der Waals surface area contributed by atoms with Crippen molar-refractivity contribution in [2.45, 2.75) is 6.54 Å². The van der Waals surface area contributed by atoms with E-state index in [9.17, 15) is 10.1 Å². The maximum atomic E-state index is 11.9. The number of nitrogens with zero attached hydrogens (tertiary/aromatic N) is 6. The van der Waals surface area contributed by atoms with Crippen LogP contribution in [0.4, 0.5) is 11.4 Å². The van der Waals surface area contributed by atoms with E-state index in [2.05, 4.69) is 37.1 Å². The number of rotatable bonds is 6. The monoisotopic (exact) mass is 442 g/mol. The summed E-state index contributed by atoms with van der Waals surface area (Å²) in [5, 5.41) is 15.9. The zero-order valence-corrected chi connectivity index (χ0v) is 17.9. The Hall–Kier alpha value is -4.11. The topological polar surface area (TPSA) is 101 Å². The first-order valence-electron chi connectivity index (χ1n) is 10.7. The molecule has 0 saturated carbocycles. The van der Waals surface area contributed by atoms with Crippen LogP contribution in [0.5, 0.6) is 0 Å². The van der Waals surface area contributed by atoms with Crippen LogP contribution in [-0.4, -0.2) is 51.1 Å². The number of anilines is 1. The summed E-state index contributed by atoms with van der Waals surface area (Å²) in [5.74, 6) is 0.560. The molecule has 2 aromatic carbocycles. The second-order valence-corrected chi connectivity index (χ2v) is 7.85. The number of nitro groups is 1. The minimum absolute atomic E-state index is 0.0354. The van der Waals surface area contributed by atoms with E-state index in [4.69, 9.17) is 4.52 Å². The molecule has 5 rings (SSSR count). The maximum absolute atomic E-state index is 11.9. The van der Waals surface area contributed by atoms with Crippen LogP contribution >= 0.6 is 0 Å². The van der Waals surface area contributed by atoms with Crippen LogP contribution in [0.2, 0.25) is 0 Å². The first-order chi connectivity index (χ1) is 16.2. The van der Waals surface area contributed by atoms with Crippen molar-refractivity contribution < 1.29 is 9.45 Å². The van der Waals surface area contributed by atoms with Gasteiger partial charge in [0.1, 0.15) is 11.4 Å². The molecule has 166 valence electrons. The molecule has 0 aliphatic carbocycles. The highest BCUT2D eigenvalue weighted by molar-refractivity contribution is 5.72. The summed E-state index contributed by atoms with van der Waals surface area (Å²) in [7, 11) is 0. The predicted molar refractivity (Wildman–Crippen MR) is 124 cm³/mol. The SMILES string of the molecule is O=[N+]([O-])c1cc(-c2noc(-c3ccccn3)n2)ccc1N1CCN(Cc2ccccc2)CC1. The minimum atomic E-state index is -0.352. The second-order valence-electron chi connectivity index (χ2n) is 7.85. The van der Waals surface area contributed by atoms with Crippen molar-refractivity contribution in [1.82, 2.24) is 20.0 Å². The van der Waals surface area contributed by atoms with Gasteiger partial charge in [0.2, 0.25) is 5.82 Å². The quantitative estimate of drug-likeness (QED) is 0.326. The molecule has 9 nitrogen and oxygen atoms in total. The van der Waals surface area contributed by atoms with Crippen molar-refractivity contribution in [2.75, 3.05) is 31.1 Å². The largest absolute Gasteiger partial charge is 0.363 e. The molecule has 0 unspecified atom stereocenters. The van der Waals surface area contributed by atoms with Crippen LogP contribution in [0.15, 0.2) is 77.4 Å². The van der Waals surface area contributed by atoms with Gasteiger partial charge in [-0.25, -0.2) is 0 Å². The molecule has 33 heavy (non-hydrogen) atoms. The van der Waals surface area contributed by atoms with E-state index in [0.717, 1.165) is 32.7 Å². The summed E-state index contributed by atoms with van der Waals surface area (Å²) in [6.45, 7) is 4.00. The van der Waals surface area contributed by atoms with E-state index in [1.807, 2.05) is 24.3 Å². The fraction of sp³-hybridized carbons (Fsp3) is 0.208. The number of piperazine rings is 1. The Labute approximate surface area is 190 Å². The summed E-state index contributed by atoms with van der Waals surface area (Å²) >= 11 is 0. The summed E-state index contributed by atoms with van der Waals surface area (Å²) in [6, 6.07) is 20.8. The fourth-order valence-corrected chi connectivity index (χ4v) is 4.00. The number of hydrogen-bond acceptors (Lipinski definition) is 8. The normalized spacial score (nSPS) is 14.4. The molecular weight excluding hydrogens is 420 g/mol. The number of hydrogen-bond donors (Lipinski definition) is 0. The van der Waals surface area contributed by atoms with Crippen LogP contribution in [0.1, 0.15) is 5.56 Å². The van der Waals surface area contributed by atoms with Gasteiger partial charge >= 0.3 is 0 Å². The second kappa shape index (κ2) is 9.17. The molecule has 4 aromatic rings. The third-order valence-electron chi connectivity index (χ3n) is 5.70. The summed E-state index contributed by atoms with van der Waals surface area (Å²) < 4.78 is 5.30. The molecule has 1 aliphatic rings. The minimum Gasteiger partial charge on any atom is -0.363 e. The average Bonchev–Trinajstić information content (AvgIpc) is 3.36. The molecule has 1 saturated heterocycles. The molecule has 3 heterocycles. The zero-order valence-electron chi connectivity index (χ0n) is 17.9. The Bertz CT molecular complexity index is 1240. The van der Waals surface area contributed by atoms with E-state index >= 15 is 0 Å². The number of pyridine rings is 1. The highest BCUT2D eigenvalue weighted by Gasteiger charge is 2.25. The lowest BCUT2D eigenvalue weighted by Crippen LogP contribution is -2.46. The van der Waals surface area contributed by atoms with Crippen LogP contribution in [0, 0.1) is 10.1 Å². The molecule has 0 atom stereocenters. The van der Waals surface area contributed by atoms with E-state index in [1.165, 1.54) is 11.6 Å². The Balaban J connectivity index is 1.33. The lowest BCUT2D eigenvalue weighted by atomic mass is 10.1. The van der Waals surface area contributed by atoms with Crippen molar-refractivity contribution in [2.24, 2.45) is 0 Å². The number of benzene rings is 2. The molecule has 0 radical (unpaired) electrons. The molecule has 0 amide bonds. The van der Waals surface area contributed by atoms with Gasteiger partial charge in [0.25, 0.3) is 11.6 Å². The van der Waals surface area contributed by atoms with Gasteiger partial charge in [0.15, 0.2) is 0 Å².